The number of hydrogen-bond donors (Lipinski definition) is 0. The van der Waals surface area contributed by atoms with Crippen LogP contribution >= 0.6 is 11.8 Å². The van der Waals surface area contributed by atoms with Gasteiger partial charge in [0.2, 0.25) is 0 Å². The van der Waals surface area contributed by atoms with Gasteiger partial charge in [-0.25, -0.2) is 15.0 Å². The molecule has 0 saturated carbocycles. The number of halogens is 3. The van der Waals surface area contributed by atoms with Crippen molar-refractivity contribution >= 4 is 17.6 Å². The maximum absolute atomic E-state index is 14.7. The van der Waals surface area contributed by atoms with E-state index >= 15 is 0 Å². The van der Waals surface area contributed by atoms with Crippen molar-refractivity contribution in [3.63, 3.8) is 0 Å². The number of benzene rings is 2. The van der Waals surface area contributed by atoms with E-state index in [1.54, 1.807) is 20.3 Å². The van der Waals surface area contributed by atoms with E-state index in [-0.39, 0.29) is 17.2 Å². The van der Waals surface area contributed by atoms with Crippen LogP contribution in [0.1, 0.15) is 52.0 Å². The van der Waals surface area contributed by atoms with Crippen LogP contribution in [0, 0.1) is 12.8 Å². The predicted octanol–water partition coefficient (Wildman–Crippen LogP) is 7.66. The Bertz CT molecular complexity index is 1510. The average molecular weight is 609 g/mol. The highest BCUT2D eigenvalue weighted by atomic mass is 32.2. The summed E-state index contributed by atoms with van der Waals surface area (Å²) in [5.41, 5.74) is 3.35. The fraction of sp³-hybridized carbons (Fsp3) is 0.364. The molecule has 0 amide bonds. The van der Waals surface area contributed by atoms with Crippen molar-refractivity contribution in [3.05, 3.63) is 100.0 Å². The number of hydrogen-bond acceptors (Lipinski definition) is 7. The SMILES string of the molecule is COc1ccc(CN(Cc2ccc(OC)cc2)c2cc(C)c(C(F)(F)F)c(C3Cc4nc(SC)ncc4CC3C)n2)cc1. The zero-order valence-corrected chi connectivity index (χ0v) is 25.7. The van der Waals surface area contributed by atoms with Gasteiger partial charge in [0.15, 0.2) is 5.16 Å². The molecule has 2 atom stereocenters. The molecule has 2 aromatic carbocycles. The van der Waals surface area contributed by atoms with Gasteiger partial charge in [0.25, 0.3) is 0 Å². The summed E-state index contributed by atoms with van der Waals surface area (Å²) in [5, 5.41) is 0.617. The second-order valence-corrected chi connectivity index (χ2v) is 11.7. The van der Waals surface area contributed by atoms with Crippen molar-refractivity contribution in [3.8, 4) is 11.5 Å². The number of aryl methyl sites for hydroxylation is 1. The summed E-state index contributed by atoms with van der Waals surface area (Å²) in [6.07, 6.45) is 0.131. The predicted molar refractivity (Wildman–Crippen MR) is 163 cm³/mol. The summed E-state index contributed by atoms with van der Waals surface area (Å²) in [7, 11) is 3.22. The smallest absolute Gasteiger partial charge is 0.418 e. The molecule has 43 heavy (non-hydrogen) atoms. The van der Waals surface area contributed by atoms with Gasteiger partial charge < -0.3 is 14.4 Å². The summed E-state index contributed by atoms with van der Waals surface area (Å²) in [5.74, 6) is 1.44. The van der Waals surface area contributed by atoms with Gasteiger partial charge in [0.1, 0.15) is 17.3 Å². The van der Waals surface area contributed by atoms with Crippen LogP contribution in [0.25, 0.3) is 0 Å². The number of nitrogens with zero attached hydrogens (tertiary/aromatic N) is 4. The molecule has 0 fully saturated rings. The van der Waals surface area contributed by atoms with E-state index in [2.05, 4.69) is 9.97 Å². The fourth-order valence-electron chi connectivity index (χ4n) is 5.73. The van der Waals surface area contributed by atoms with E-state index in [1.165, 1.54) is 18.7 Å². The zero-order valence-electron chi connectivity index (χ0n) is 24.9. The van der Waals surface area contributed by atoms with Gasteiger partial charge in [-0.2, -0.15) is 13.2 Å². The summed E-state index contributed by atoms with van der Waals surface area (Å²) < 4.78 is 54.6. The monoisotopic (exact) mass is 608 g/mol. The lowest BCUT2D eigenvalue weighted by Gasteiger charge is -2.33. The normalized spacial score (nSPS) is 16.5. The molecule has 0 N–H and O–H groups in total. The molecule has 4 aromatic rings. The molecule has 0 saturated heterocycles. The molecule has 2 heterocycles. The van der Waals surface area contributed by atoms with Crippen LogP contribution in [0.15, 0.2) is 66.0 Å². The summed E-state index contributed by atoms with van der Waals surface area (Å²) in [6.45, 7) is 4.42. The van der Waals surface area contributed by atoms with E-state index in [4.69, 9.17) is 14.5 Å². The molecule has 6 nitrogen and oxygen atoms in total. The summed E-state index contributed by atoms with van der Waals surface area (Å²) in [6, 6.07) is 16.9. The van der Waals surface area contributed by atoms with Crippen molar-refractivity contribution < 1.29 is 22.6 Å². The van der Waals surface area contributed by atoms with Crippen LogP contribution in [0.2, 0.25) is 0 Å². The highest BCUT2D eigenvalue weighted by molar-refractivity contribution is 7.98. The topological polar surface area (TPSA) is 60.4 Å². The van der Waals surface area contributed by atoms with Crippen molar-refractivity contribution in [2.45, 2.75) is 57.0 Å². The fourth-order valence-corrected chi connectivity index (χ4v) is 6.09. The van der Waals surface area contributed by atoms with Gasteiger partial charge in [-0.15, -0.1) is 0 Å². The number of alkyl halides is 3. The van der Waals surface area contributed by atoms with E-state index in [1.807, 2.05) is 72.8 Å². The molecule has 10 heteroatoms. The van der Waals surface area contributed by atoms with E-state index in [9.17, 15) is 13.2 Å². The molecule has 0 bridgehead atoms. The van der Waals surface area contributed by atoms with Crippen LogP contribution in [-0.2, 0) is 32.1 Å². The minimum absolute atomic E-state index is 0.0731. The molecule has 2 unspecified atom stereocenters. The Balaban J connectivity index is 1.60. The lowest BCUT2D eigenvalue weighted by Crippen LogP contribution is -2.29. The number of rotatable bonds is 9. The highest BCUT2D eigenvalue weighted by Crippen LogP contribution is 2.44. The Morgan fingerprint density at radius 2 is 1.49 bits per heavy atom. The summed E-state index contributed by atoms with van der Waals surface area (Å²) >= 11 is 1.42. The first-order valence-corrected chi connectivity index (χ1v) is 15.3. The third kappa shape index (κ3) is 6.90. The quantitative estimate of drug-likeness (QED) is 0.143. The first-order chi connectivity index (χ1) is 20.6. The van der Waals surface area contributed by atoms with Crippen molar-refractivity contribution in [1.82, 2.24) is 15.0 Å². The number of thioether (sulfide) groups is 1. The Morgan fingerprint density at radius 3 is 2.00 bits per heavy atom. The minimum atomic E-state index is -4.54. The average Bonchev–Trinajstić information content (AvgIpc) is 2.99. The van der Waals surface area contributed by atoms with Gasteiger partial charge in [-0.3, -0.25) is 0 Å². The van der Waals surface area contributed by atoms with Crippen LogP contribution < -0.4 is 14.4 Å². The third-order valence-electron chi connectivity index (χ3n) is 8.01. The van der Waals surface area contributed by atoms with Gasteiger partial charge in [0.05, 0.1) is 25.5 Å². The molecule has 0 spiro atoms. The van der Waals surface area contributed by atoms with Gasteiger partial charge in [-0.05, 0) is 84.5 Å². The maximum Gasteiger partial charge on any atom is 0.418 e. The number of fused-ring (bicyclic) bond motifs is 1. The lowest BCUT2D eigenvalue weighted by molar-refractivity contribution is -0.139. The van der Waals surface area contributed by atoms with Crippen LogP contribution in [0.4, 0.5) is 19.0 Å². The molecule has 1 aliphatic carbocycles. The second kappa shape index (κ2) is 12.8. The number of anilines is 1. The Hall–Kier alpha value is -3.79. The third-order valence-corrected chi connectivity index (χ3v) is 8.57. The Morgan fingerprint density at radius 1 is 0.907 bits per heavy atom. The molecule has 1 aliphatic rings. The van der Waals surface area contributed by atoms with Crippen LogP contribution in [0.5, 0.6) is 11.5 Å². The molecular weight excluding hydrogens is 573 g/mol. The van der Waals surface area contributed by atoms with E-state index in [0.29, 0.717) is 36.9 Å². The Kier molecular flexibility index (Phi) is 9.15. The zero-order chi connectivity index (χ0) is 30.7. The number of aromatic nitrogens is 3. The van der Waals surface area contributed by atoms with Gasteiger partial charge in [0, 0.05) is 30.9 Å². The minimum Gasteiger partial charge on any atom is -0.497 e. The first-order valence-electron chi connectivity index (χ1n) is 14.1. The number of pyridine rings is 1. The summed E-state index contributed by atoms with van der Waals surface area (Å²) in [4.78, 5) is 15.9. The van der Waals surface area contributed by atoms with Crippen LogP contribution in [0.3, 0.4) is 0 Å². The van der Waals surface area contributed by atoms with Crippen molar-refractivity contribution in [2.75, 3.05) is 25.4 Å². The van der Waals surface area contributed by atoms with Crippen molar-refractivity contribution in [2.24, 2.45) is 5.92 Å². The first kappa shape index (κ1) is 30.7. The van der Waals surface area contributed by atoms with Gasteiger partial charge in [-0.1, -0.05) is 43.0 Å². The van der Waals surface area contributed by atoms with Crippen LogP contribution in [-0.4, -0.2) is 35.4 Å². The number of methoxy groups -OCH3 is 2. The molecule has 0 aliphatic heterocycles. The van der Waals surface area contributed by atoms with E-state index < -0.39 is 17.7 Å². The van der Waals surface area contributed by atoms with E-state index in [0.717, 1.165) is 33.9 Å². The molecule has 226 valence electrons. The maximum atomic E-state index is 14.7. The molecular formula is C33H35F3N4O2S. The molecule has 5 rings (SSSR count). The van der Waals surface area contributed by atoms with Crippen molar-refractivity contribution in [1.29, 1.82) is 0 Å². The molecule has 2 aromatic heterocycles. The largest absolute Gasteiger partial charge is 0.497 e. The molecule has 0 radical (unpaired) electrons. The van der Waals surface area contributed by atoms with Gasteiger partial charge >= 0.3 is 6.18 Å². The Labute approximate surface area is 254 Å². The number of ether oxygens (including phenoxy) is 2. The standard InChI is InChI=1S/C33H35F3N4O2S/c1-20-14-24-17-37-32(43-5)38-28(24)16-27(20)31-30(33(34,35)36)21(2)15-29(39-31)40(18-22-6-10-25(41-3)11-7-22)19-23-8-12-26(42-4)13-9-23/h6-13,15,17,20,27H,14,16,18-19H2,1-5H3. The lowest BCUT2D eigenvalue weighted by atomic mass is 9.76. The highest BCUT2D eigenvalue weighted by Gasteiger charge is 2.41. The second-order valence-electron chi connectivity index (χ2n) is 10.9.